The normalized spacial score (nSPS) is 10.8. The van der Waals surface area contributed by atoms with Crippen molar-refractivity contribution in [2.45, 2.75) is 13.3 Å². The molecule has 20 heavy (non-hydrogen) atoms. The van der Waals surface area contributed by atoms with Crippen LogP contribution < -0.4 is 5.73 Å². The number of benzene rings is 2. The first-order valence-corrected chi connectivity index (χ1v) is 6.97. The van der Waals surface area contributed by atoms with Crippen LogP contribution in [0.3, 0.4) is 0 Å². The molecule has 0 amide bonds. The molecule has 3 nitrogen and oxygen atoms in total. The van der Waals surface area contributed by atoms with Crippen LogP contribution in [-0.2, 0) is 6.42 Å². The van der Waals surface area contributed by atoms with Crippen molar-refractivity contribution < 1.29 is 0 Å². The van der Waals surface area contributed by atoms with Gasteiger partial charge in [-0.25, -0.2) is 4.98 Å². The van der Waals surface area contributed by atoms with Gasteiger partial charge in [0.2, 0.25) is 0 Å². The number of rotatable bonds is 3. The second-order valence-electron chi connectivity index (χ2n) is 4.61. The first kappa shape index (κ1) is 12.8. The third-order valence-corrected chi connectivity index (χ3v) is 3.68. The molecule has 0 radical (unpaired) electrons. The van der Waals surface area contributed by atoms with E-state index in [-0.39, 0.29) is 0 Å². The van der Waals surface area contributed by atoms with Gasteiger partial charge in [0.1, 0.15) is 10.8 Å². The lowest BCUT2D eigenvalue weighted by Gasteiger charge is -2.13. The first-order valence-electron chi connectivity index (χ1n) is 6.56. The topological polar surface area (TPSA) is 43.8 Å². The highest BCUT2D eigenvalue weighted by atomic mass is 32.1. The Labute approximate surface area is 123 Å². The van der Waals surface area contributed by atoms with Crippen LogP contribution in [0.15, 0.2) is 48.8 Å². The lowest BCUT2D eigenvalue weighted by molar-refractivity contribution is 0.896. The van der Waals surface area contributed by atoms with E-state index in [1.165, 1.54) is 0 Å². The second kappa shape index (κ2) is 5.06. The molecule has 2 aromatic carbocycles. The van der Waals surface area contributed by atoms with Gasteiger partial charge in [0.15, 0.2) is 0 Å². The molecule has 0 unspecified atom stereocenters. The summed E-state index contributed by atoms with van der Waals surface area (Å²) in [5, 5.41) is 2.21. The van der Waals surface area contributed by atoms with Crippen LogP contribution in [0.25, 0.3) is 16.5 Å². The summed E-state index contributed by atoms with van der Waals surface area (Å²) >= 11 is 5.14. The maximum atomic E-state index is 5.82. The smallest absolute Gasteiger partial charge is 0.112 e. The molecule has 1 aromatic heterocycles. The Morgan fingerprint density at radius 2 is 1.95 bits per heavy atom. The van der Waals surface area contributed by atoms with E-state index in [0.717, 1.165) is 34.3 Å². The molecular weight excluding hydrogens is 266 g/mol. The number of hydrogen-bond acceptors (Lipinski definition) is 2. The zero-order chi connectivity index (χ0) is 14.1. The van der Waals surface area contributed by atoms with Gasteiger partial charge in [0.05, 0.1) is 5.69 Å². The number of nitrogens with two attached hydrogens (primary N) is 1. The minimum Gasteiger partial charge on any atom is -0.389 e. The Morgan fingerprint density at radius 1 is 1.20 bits per heavy atom. The highest BCUT2D eigenvalue weighted by molar-refractivity contribution is 7.80. The van der Waals surface area contributed by atoms with E-state index in [1.807, 2.05) is 30.6 Å². The van der Waals surface area contributed by atoms with E-state index in [1.54, 1.807) is 0 Å². The molecule has 0 saturated heterocycles. The second-order valence-corrected chi connectivity index (χ2v) is 5.05. The van der Waals surface area contributed by atoms with Gasteiger partial charge in [-0.2, -0.15) is 0 Å². The highest BCUT2D eigenvalue weighted by Crippen LogP contribution is 2.26. The predicted octanol–water partition coefficient (Wildman–Crippen LogP) is 3.22. The van der Waals surface area contributed by atoms with E-state index >= 15 is 0 Å². The number of fused-ring (bicyclic) bond motifs is 1. The van der Waals surface area contributed by atoms with Gasteiger partial charge in [-0.15, -0.1) is 0 Å². The van der Waals surface area contributed by atoms with Crippen molar-refractivity contribution in [1.29, 1.82) is 0 Å². The van der Waals surface area contributed by atoms with Crippen LogP contribution in [0.2, 0.25) is 0 Å². The maximum Gasteiger partial charge on any atom is 0.112 e. The number of nitrogens with zero attached hydrogens (tertiary/aromatic N) is 2. The number of imidazole rings is 1. The quantitative estimate of drug-likeness (QED) is 0.750. The fourth-order valence-corrected chi connectivity index (χ4v) is 2.70. The predicted molar refractivity (Wildman–Crippen MR) is 86.3 cm³/mol. The Kier molecular flexibility index (Phi) is 3.24. The van der Waals surface area contributed by atoms with Crippen LogP contribution >= 0.6 is 12.2 Å². The highest BCUT2D eigenvalue weighted by Gasteiger charge is 2.10. The summed E-state index contributed by atoms with van der Waals surface area (Å²) in [5.41, 5.74) is 7.84. The standard InChI is InChI=1S/C16H15N3S/c1-2-15-18-9-10-19(15)14-8-7-13(16(17)20)11-5-3-4-6-12(11)14/h3-10H,2H2,1H3,(H2,17,20). The summed E-state index contributed by atoms with van der Waals surface area (Å²) in [6, 6.07) is 12.2. The van der Waals surface area contributed by atoms with E-state index < -0.39 is 0 Å². The Bertz CT molecular complexity index is 789. The molecule has 3 rings (SSSR count). The summed E-state index contributed by atoms with van der Waals surface area (Å²) in [6.07, 6.45) is 4.70. The molecule has 3 aromatic rings. The fraction of sp³-hybridized carbons (Fsp3) is 0.125. The minimum atomic E-state index is 0.425. The molecule has 1 heterocycles. The summed E-state index contributed by atoms with van der Waals surface area (Å²) in [7, 11) is 0. The summed E-state index contributed by atoms with van der Waals surface area (Å²) in [5.74, 6) is 1.04. The fourth-order valence-electron chi connectivity index (χ4n) is 2.52. The van der Waals surface area contributed by atoms with Crippen LogP contribution in [0.1, 0.15) is 18.3 Å². The van der Waals surface area contributed by atoms with Gasteiger partial charge in [-0.05, 0) is 17.5 Å². The van der Waals surface area contributed by atoms with Crippen molar-refractivity contribution in [1.82, 2.24) is 9.55 Å². The van der Waals surface area contributed by atoms with Crippen LogP contribution in [0, 0.1) is 0 Å². The lowest BCUT2D eigenvalue weighted by Crippen LogP contribution is -2.10. The third kappa shape index (κ3) is 1.98. The van der Waals surface area contributed by atoms with Gasteiger partial charge in [0, 0.05) is 29.8 Å². The molecule has 0 aliphatic rings. The molecule has 2 N–H and O–H groups in total. The Balaban J connectivity index is 2.34. The van der Waals surface area contributed by atoms with Gasteiger partial charge in [-0.1, -0.05) is 43.4 Å². The number of aryl methyl sites for hydroxylation is 1. The Hall–Kier alpha value is -2.20. The minimum absolute atomic E-state index is 0.425. The van der Waals surface area contributed by atoms with Crippen molar-refractivity contribution in [2.75, 3.05) is 0 Å². The average Bonchev–Trinajstić information content (AvgIpc) is 2.94. The summed E-state index contributed by atoms with van der Waals surface area (Å²) < 4.78 is 2.12. The van der Waals surface area contributed by atoms with Crippen molar-refractivity contribution in [2.24, 2.45) is 5.73 Å². The molecule has 0 aliphatic carbocycles. The molecular formula is C16H15N3S. The first-order chi connectivity index (χ1) is 9.72. The van der Waals surface area contributed by atoms with Crippen LogP contribution in [-0.4, -0.2) is 14.5 Å². The van der Waals surface area contributed by atoms with E-state index in [0.29, 0.717) is 4.99 Å². The summed E-state index contributed by atoms with van der Waals surface area (Å²) in [6.45, 7) is 2.10. The SMILES string of the molecule is CCc1nccn1-c1ccc(C(N)=S)c2ccccc12. The van der Waals surface area contributed by atoms with E-state index in [9.17, 15) is 0 Å². The van der Waals surface area contributed by atoms with Crippen molar-refractivity contribution in [3.8, 4) is 5.69 Å². The molecule has 0 atom stereocenters. The zero-order valence-electron chi connectivity index (χ0n) is 11.2. The van der Waals surface area contributed by atoms with Gasteiger partial charge in [-0.3, -0.25) is 0 Å². The monoisotopic (exact) mass is 281 g/mol. The van der Waals surface area contributed by atoms with Crippen LogP contribution in [0.5, 0.6) is 0 Å². The van der Waals surface area contributed by atoms with Crippen molar-refractivity contribution in [3.05, 3.63) is 60.2 Å². The van der Waals surface area contributed by atoms with E-state index in [4.69, 9.17) is 18.0 Å². The third-order valence-electron chi connectivity index (χ3n) is 3.46. The largest absolute Gasteiger partial charge is 0.389 e. The Morgan fingerprint density at radius 3 is 2.65 bits per heavy atom. The van der Waals surface area contributed by atoms with Crippen LogP contribution in [0.4, 0.5) is 0 Å². The maximum absolute atomic E-state index is 5.82. The van der Waals surface area contributed by atoms with Crippen molar-refractivity contribution in [3.63, 3.8) is 0 Å². The molecule has 0 saturated carbocycles. The van der Waals surface area contributed by atoms with Crippen molar-refractivity contribution >= 4 is 28.0 Å². The van der Waals surface area contributed by atoms with Gasteiger partial charge in [0.25, 0.3) is 0 Å². The number of aromatic nitrogens is 2. The molecule has 0 aliphatic heterocycles. The van der Waals surface area contributed by atoms with E-state index in [2.05, 4.69) is 34.7 Å². The molecule has 100 valence electrons. The number of hydrogen-bond donors (Lipinski definition) is 1. The zero-order valence-corrected chi connectivity index (χ0v) is 12.0. The molecule has 0 bridgehead atoms. The average molecular weight is 281 g/mol. The molecule has 4 heteroatoms. The van der Waals surface area contributed by atoms with Gasteiger partial charge < -0.3 is 10.3 Å². The number of thiocarbonyl (C=S) groups is 1. The molecule has 0 spiro atoms. The summed E-state index contributed by atoms with van der Waals surface area (Å²) in [4.78, 5) is 4.81. The lowest BCUT2D eigenvalue weighted by atomic mass is 10.0. The molecule has 0 fully saturated rings. The van der Waals surface area contributed by atoms with Gasteiger partial charge >= 0.3 is 0 Å².